The molecule has 0 radical (unpaired) electrons. The lowest BCUT2D eigenvalue weighted by Gasteiger charge is -2.49. The second-order valence-electron chi connectivity index (χ2n) is 9.75. The molecule has 0 atom stereocenters. The first kappa shape index (κ1) is 27.6. The monoisotopic (exact) mass is 528 g/mol. The van der Waals surface area contributed by atoms with Crippen LogP contribution in [0.1, 0.15) is 50.7 Å². The number of halogens is 2. The molecule has 2 aromatic carbocycles. The molecular weight excluding hydrogens is 499 g/mol. The van der Waals surface area contributed by atoms with Crippen molar-refractivity contribution in [3.63, 3.8) is 0 Å². The minimum Gasteiger partial charge on any atom is -0.359 e. The standard InChI is InChI=1S/C27H30ClFN4O2S/c1-26(2,24(35)31-3)15-12-18-6-9-20(10-7-18)33(27(17-34)13-5-14-27)25(36)32(4)21-11-8-19(16-30)22(28)23(21)29/h6-11,17H,5,12-15H2,1-4H3,(H,31,35). The second kappa shape index (κ2) is 10.9. The average molecular weight is 529 g/mol. The van der Waals surface area contributed by atoms with Gasteiger partial charge in [-0.2, -0.15) is 5.26 Å². The van der Waals surface area contributed by atoms with E-state index in [-0.39, 0.29) is 27.3 Å². The predicted molar refractivity (Wildman–Crippen MR) is 145 cm³/mol. The molecule has 1 aliphatic carbocycles. The number of benzene rings is 2. The molecular formula is C27H30ClFN4O2S. The van der Waals surface area contributed by atoms with E-state index in [1.807, 2.05) is 44.2 Å². The van der Waals surface area contributed by atoms with Gasteiger partial charge in [-0.3, -0.25) is 4.79 Å². The molecule has 0 bridgehead atoms. The van der Waals surface area contributed by atoms with Crippen LogP contribution >= 0.6 is 23.8 Å². The Morgan fingerprint density at radius 2 is 1.92 bits per heavy atom. The Kier molecular flexibility index (Phi) is 8.37. The molecule has 1 N–H and O–H groups in total. The lowest BCUT2D eigenvalue weighted by atomic mass is 9.76. The van der Waals surface area contributed by atoms with E-state index in [4.69, 9.17) is 29.1 Å². The summed E-state index contributed by atoms with van der Waals surface area (Å²) >= 11 is 11.8. The SMILES string of the molecule is CNC(=O)C(C)(C)CCc1ccc(N(C(=S)N(C)c2ccc(C#N)c(Cl)c2F)C2(C=O)CCC2)cc1. The quantitative estimate of drug-likeness (QED) is 0.365. The number of hydrogen-bond acceptors (Lipinski definition) is 4. The Hall–Kier alpha value is -3.02. The maximum atomic E-state index is 15.0. The summed E-state index contributed by atoms with van der Waals surface area (Å²) in [6.45, 7) is 3.82. The molecule has 36 heavy (non-hydrogen) atoms. The second-order valence-corrected chi connectivity index (χ2v) is 10.5. The highest BCUT2D eigenvalue weighted by Gasteiger charge is 2.45. The third kappa shape index (κ3) is 5.23. The molecule has 1 fully saturated rings. The van der Waals surface area contributed by atoms with Crippen molar-refractivity contribution in [3.05, 3.63) is 58.4 Å². The van der Waals surface area contributed by atoms with Gasteiger partial charge in [-0.05, 0) is 74.2 Å². The van der Waals surface area contributed by atoms with E-state index in [1.54, 1.807) is 19.0 Å². The van der Waals surface area contributed by atoms with Crippen LogP contribution in [0.25, 0.3) is 0 Å². The van der Waals surface area contributed by atoms with Crippen LogP contribution in [0.2, 0.25) is 5.02 Å². The fourth-order valence-corrected chi connectivity index (χ4v) is 4.94. The number of carbonyl (C=O) groups excluding carboxylic acids is 2. The first-order valence-electron chi connectivity index (χ1n) is 11.7. The number of anilines is 2. The largest absolute Gasteiger partial charge is 0.359 e. The maximum absolute atomic E-state index is 15.0. The minimum absolute atomic E-state index is 0.00766. The van der Waals surface area contributed by atoms with Crippen LogP contribution in [0.4, 0.5) is 15.8 Å². The highest BCUT2D eigenvalue weighted by molar-refractivity contribution is 7.80. The first-order chi connectivity index (χ1) is 17.0. The molecule has 6 nitrogen and oxygen atoms in total. The Morgan fingerprint density at radius 3 is 2.42 bits per heavy atom. The molecule has 0 spiro atoms. The van der Waals surface area contributed by atoms with Gasteiger partial charge in [0.15, 0.2) is 10.9 Å². The van der Waals surface area contributed by atoms with Crippen molar-refractivity contribution in [2.75, 3.05) is 23.9 Å². The molecule has 9 heteroatoms. The summed E-state index contributed by atoms with van der Waals surface area (Å²) in [5, 5.41) is 11.8. The Morgan fingerprint density at radius 1 is 1.28 bits per heavy atom. The van der Waals surface area contributed by atoms with Gasteiger partial charge >= 0.3 is 0 Å². The van der Waals surface area contributed by atoms with Crippen LogP contribution in [0.5, 0.6) is 0 Å². The lowest BCUT2D eigenvalue weighted by molar-refractivity contribution is -0.129. The van der Waals surface area contributed by atoms with E-state index < -0.39 is 16.8 Å². The van der Waals surface area contributed by atoms with Crippen molar-refractivity contribution < 1.29 is 14.0 Å². The molecule has 2 aromatic rings. The highest BCUT2D eigenvalue weighted by Crippen LogP contribution is 2.41. The van der Waals surface area contributed by atoms with E-state index in [2.05, 4.69) is 5.32 Å². The van der Waals surface area contributed by atoms with Gasteiger partial charge in [-0.15, -0.1) is 0 Å². The average Bonchev–Trinajstić information content (AvgIpc) is 2.85. The van der Waals surface area contributed by atoms with Crippen molar-refractivity contribution in [1.82, 2.24) is 5.32 Å². The normalized spacial score (nSPS) is 14.2. The van der Waals surface area contributed by atoms with Crippen LogP contribution in [-0.4, -0.2) is 36.9 Å². The summed E-state index contributed by atoms with van der Waals surface area (Å²) in [6.07, 6.45) is 4.43. The third-order valence-corrected chi connectivity index (χ3v) is 7.81. The number of nitrogens with zero attached hydrogens (tertiary/aromatic N) is 3. The van der Waals surface area contributed by atoms with Gasteiger partial charge in [0, 0.05) is 25.2 Å². The van der Waals surface area contributed by atoms with Gasteiger partial charge in [0.2, 0.25) is 5.91 Å². The number of nitrogens with one attached hydrogen (secondary N) is 1. The number of aryl methyl sites for hydroxylation is 1. The van der Waals surface area contributed by atoms with Crippen LogP contribution in [0, 0.1) is 22.6 Å². The molecule has 190 valence electrons. The Labute approximate surface area is 222 Å². The lowest BCUT2D eigenvalue weighted by Crippen LogP contribution is -2.60. The number of nitriles is 1. The zero-order valence-corrected chi connectivity index (χ0v) is 22.5. The number of hydrogen-bond donors (Lipinski definition) is 1. The predicted octanol–water partition coefficient (Wildman–Crippen LogP) is 5.40. The van der Waals surface area contributed by atoms with Crippen molar-refractivity contribution in [3.8, 4) is 6.07 Å². The molecule has 0 saturated heterocycles. The summed E-state index contributed by atoms with van der Waals surface area (Å²) in [5.74, 6) is -0.755. The van der Waals surface area contributed by atoms with Crippen LogP contribution in [-0.2, 0) is 16.0 Å². The van der Waals surface area contributed by atoms with Gasteiger partial charge in [-0.1, -0.05) is 37.6 Å². The summed E-state index contributed by atoms with van der Waals surface area (Å²) in [5.41, 5.74) is 0.599. The van der Waals surface area contributed by atoms with E-state index >= 15 is 4.39 Å². The zero-order chi connectivity index (χ0) is 26.7. The van der Waals surface area contributed by atoms with Crippen molar-refractivity contribution in [2.45, 2.75) is 51.5 Å². The molecule has 3 rings (SSSR count). The van der Waals surface area contributed by atoms with Gasteiger partial charge in [-0.25, -0.2) is 4.39 Å². The Bertz CT molecular complexity index is 1210. The zero-order valence-electron chi connectivity index (χ0n) is 20.9. The van der Waals surface area contributed by atoms with Crippen LogP contribution in [0.15, 0.2) is 36.4 Å². The molecule has 1 aliphatic rings. The fraction of sp³-hybridized carbons (Fsp3) is 0.407. The molecule has 1 amide bonds. The minimum atomic E-state index is -0.819. The van der Waals surface area contributed by atoms with Crippen molar-refractivity contribution in [1.29, 1.82) is 5.26 Å². The highest BCUT2D eigenvalue weighted by atomic mass is 35.5. The summed E-state index contributed by atoms with van der Waals surface area (Å²) in [4.78, 5) is 27.6. The molecule has 1 saturated carbocycles. The summed E-state index contributed by atoms with van der Waals surface area (Å²) in [7, 11) is 3.25. The topological polar surface area (TPSA) is 76.4 Å². The van der Waals surface area contributed by atoms with E-state index in [0.29, 0.717) is 31.4 Å². The maximum Gasteiger partial charge on any atom is 0.225 e. The van der Waals surface area contributed by atoms with Gasteiger partial charge in [0.1, 0.15) is 17.9 Å². The smallest absolute Gasteiger partial charge is 0.225 e. The van der Waals surface area contributed by atoms with Crippen molar-refractivity contribution >= 4 is 52.5 Å². The fourth-order valence-electron chi connectivity index (χ4n) is 4.35. The molecule has 0 unspecified atom stereocenters. The van der Waals surface area contributed by atoms with Crippen LogP contribution < -0.4 is 15.1 Å². The number of aldehydes is 1. The van der Waals surface area contributed by atoms with Gasteiger partial charge in [0.25, 0.3) is 0 Å². The summed E-state index contributed by atoms with van der Waals surface area (Å²) < 4.78 is 15.0. The number of rotatable bonds is 8. The third-order valence-electron chi connectivity index (χ3n) is 6.98. The number of thiocarbonyl (C=S) groups is 1. The van der Waals surface area contributed by atoms with Gasteiger partial charge in [0.05, 0.1) is 16.3 Å². The first-order valence-corrected chi connectivity index (χ1v) is 12.5. The molecule has 0 aromatic heterocycles. The van der Waals surface area contributed by atoms with E-state index in [9.17, 15) is 9.59 Å². The van der Waals surface area contributed by atoms with Gasteiger partial charge < -0.3 is 19.9 Å². The molecule has 0 aliphatic heterocycles. The molecule has 0 heterocycles. The summed E-state index contributed by atoms with van der Waals surface area (Å²) in [6, 6.07) is 12.5. The van der Waals surface area contributed by atoms with Crippen molar-refractivity contribution in [2.24, 2.45) is 5.41 Å². The van der Waals surface area contributed by atoms with E-state index in [0.717, 1.165) is 18.3 Å². The number of amides is 1. The number of carbonyl (C=O) groups is 2. The van der Waals surface area contributed by atoms with E-state index in [1.165, 1.54) is 17.0 Å². The van der Waals surface area contributed by atoms with Crippen LogP contribution in [0.3, 0.4) is 0 Å². The Balaban J connectivity index is 1.91.